The normalized spacial score (nSPS) is 26.2. The number of carbonyl (C=O) groups is 1. The zero-order valence-corrected chi connectivity index (χ0v) is 12.5. The van der Waals surface area contributed by atoms with Crippen molar-refractivity contribution in [3.63, 3.8) is 0 Å². The Morgan fingerprint density at radius 1 is 1.50 bits per heavy atom. The number of ether oxygens (including phenoxy) is 1. The smallest absolute Gasteiger partial charge is 0.232 e. The first kappa shape index (κ1) is 15.4. The average molecular weight is 272 g/mol. The van der Waals surface area contributed by atoms with Crippen LogP contribution in [0.15, 0.2) is 0 Å². The van der Waals surface area contributed by atoms with E-state index in [2.05, 4.69) is 6.92 Å². The molecule has 1 saturated heterocycles. The summed E-state index contributed by atoms with van der Waals surface area (Å²) in [6.45, 7) is 7.52. The lowest BCUT2D eigenvalue weighted by Gasteiger charge is -2.38. The van der Waals surface area contributed by atoms with Crippen molar-refractivity contribution in [2.45, 2.75) is 33.3 Å². The SMILES string of the molecule is COC1CN(C(=O)C(C(N)=S)C(C)C)CCC1C. The highest BCUT2D eigenvalue weighted by atomic mass is 32.1. The molecule has 1 heterocycles. The molecule has 1 aliphatic heterocycles. The number of methoxy groups -OCH3 is 1. The number of likely N-dealkylation sites (tertiary alicyclic amines) is 1. The minimum Gasteiger partial charge on any atom is -0.393 e. The van der Waals surface area contributed by atoms with Crippen molar-refractivity contribution in [2.24, 2.45) is 23.5 Å². The molecule has 18 heavy (non-hydrogen) atoms. The van der Waals surface area contributed by atoms with Gasteiger partial charge < -0.3 is 15.4 Å². The van der Waals surface area contributed by atoms with Gasteiger partial charge in [-0.05, 0) is 18.3 Å². The van der Waals surface area contributed by atoms with Gasteiger partial charge in [0.1, 0.15) is 0 Å². The average Bonchev–Trinajstić information content (AvgIpc) is 2.28. The van der Waals surface area contributed by atoms with Crippen molar-refractivity contribution in [3.8, 4) is 0 Å². The van der Waals surface area contributed by atoms with Gasteiger partial charge >= 0.3 is 0 Å². The Morgan fingerprint density at radius 2 is 2.11 bits per heavy atom. The van der Waals surface area contributed by atoms with E-state index in [1.54, 1.807) is 7.11 Å². The van der Waals surface area contributed by atoms with Crippen molar-refractivity contribution in [2.75, 3.05) is 20.2 Å². The third-order valence-electron chi connectivity index (χ3n) is 3.74. The van der Waals surface area contributed by atoms with Crippen LogP contribution in [0.2, 0.25) is 0 Å². The van der Waals surface area contributed by atoms with Crippen molar-refractivity contribution in [1.29, 1.82) is 0 Å². The van der Waals surface area contributed by atoms with Crippen LogP contribution < -0.4 is 5.73 Å². The lowest BCUT2D eigenvalue weighted by molar-refractivity contribution is -0.139. The maximum atomic E-state index is 12.5. The largest absolute Gasteiger partial charge is 0.393 e. The summed E-state index contributed by atoms with van der Waals surface area (Å²) in [4.78, 5) is 14.6. The highest BCUT2D eigenvalue weighted by Crippen LogP contribution is 2.23. The van der Waals surface area contributed by atoms with E-state index in [1.807, 2.05) is 18.7 Å². The molecule has 0 aliphatic carbocycles. The molecular weight excluding hydrogens is 248 g/mol. The maximum Gasteiger partial charge on any atom is 0.232 e. The Morgan fingerprint density at radius 3 is 2.56 bits per heavy atom. The van der Waals surface area contributed by atoms with Crippen molar-refractivity contribution >= 4 is 23.1 Å². The molecule has 104 valence electrons. The zero-order valence-electron chi connectivity index (χ0n) is 11.7. The van der Waals surface area contributed by atoms with E-state index in [0.29, 0.717) is 17.5 Å². The quantitative estimate of drug-likeness (QED) is 0.787. The summed E-state index contributed by atoms with van der Waals surface area (Å²) in [7, 11) is 1.70. The van der Waals surface area contributed by atoms with Crippen LogP contribution in [-0.4, -0.2) is 42.1 Å². The molecule has 0 aromatic rings. The summed E-state index contributed by atoms with van der Waals surface area (Å²) < 4.78 is 5.43. The van der Waals surface area contributed by atoms with E-state index >= 15 is 0 Å². The van der Waals surface area contributed by atoms with Gasteiger partial charge in [-0.1, -0.05) is 33.0 Å². The lowest BCUT2D eigenvalue weighted by atomic mass is 9.91. The van der Waals surface area contributed by atoms with E-state index in [-0.39, 0.29) is 23.8 Å². The molecule has 1 rings (SSSR count). The van der Waals surface area contributed by atoms with E-state index in [4.69, 9.17) is 22.7 Å². The number of amides is 1. The van der Waals surface area contributed by atoms with Crippen LogP contribution in [0, 0.1) is 17.8 Å². The first-order valence-electron chi connectivity index (χ1n) is 6.49. The number of nitrogens with zero attached hydrogens (tertiary/aromatic N) is 1. The van der Waals surface area contributed by atoms with E-state index in [9.17, 15) is 4.79 Å². The molecule has 4 nitrogen and oxygen atoms in total. The van der Waals surface area contributed by atoms with Gasteiger partial charge in [0.2, 0.25) is 5.91 Å². The molecule has 0 saturated carbocycles. The van der Waals surface area contributed by atoms with E-state index in [1.165, 1.54) is 0 Å². The Bertz CT molecular complexity index is 320. The van der Waals surface area contributed by atoms with E-state index < -0.39 is 0 Å². The predicted molar refractivity (Wildman–Crippen MR) is 76.3 cm³/mol. The molecule has 0 aromatic heterocycles. The molecule has 0 aromatic carbocycles. The fraction of sp³-hybridized carbons (Fsp3) is 0.846. The summed E-state index contributed by atoms with van der Waals surface area (Å²) in [6, 6.07) is 0. The van der Waals surface area contributed by atoms with Crippen molar-refractivity contribution < 1.29 is 9.53 Å². The molecule has 0 radical (unpaired) electrons. The Labute approximate surface area is 115 Å². The number of hydrogen-bond acceptors (Lipinski definition) is 3. The van der Waals surface area contributed by atoms with Crippen LogP contribution in [0.1, 0.15) is 27.2 Å². The second-order valence-electron chi connectivity index (χ2n) is 5.45. The maximum absolute atomic E-state index is 12.5. The molecule has 3 atom stereocenters. The van der Waals surface area contributed by atoms with Gasteiger partial charge in [-0.15, -0.1) is 0 Å². The van der Waals surface area contributed by atoms with E-state index in [0.717, 1.165) is 13.0 Å². The van der Waals surface area contributed by atoms with Crippen LogP contribution in [0.3, 0.4) is 0 Å². The third-order valence-corrected chi connectivity index (χ3v) is 4.00. The lowest BCUT2D eigenvalue weighted by Crippen LogP contribution is -2.51. The van der Waals surface area contributed by atoms with Gasteiger partial charge in [-0.2, -0.15) is 0 Å². The van der Waals surface area contributed by atoms with Gasteiger partial charge in [-0.3, -0.25) is 4.79 Å². The molecule has 2 N–H and O–H groups in total. The van der Waals surface area contributed by atoms with Crippen molar-refractivity contribution in [1.82, 2.24) is 4.90 Å². The molecule has 5 heteroatoms. The molecule has 1 fully saturated rings. The fourth-order valence-electron chi connectivity index (χ4n) is 2.47. The fourth-order valence-corrected chi connectivity index (χ4v) is 2.85. The van der Waals surface area contributed by atoms with Crippen LogP contribution in [-0.2, 0) is 9.53 Å². The van der Waals surface area contributed by atoms with Crippen LogP contribution in [0.4, 0.5) is 0 Å². The number of hydrogen-bond donors (Lipinski definition) is 1. The Hall–Kier alpha value is -0.680. The summed E-state index contributed by atoms with van der Waals surface area (Å²) in [5.74, 6) is 0.314. The third kappa shape index (κ3) is 3.42. The predicted octanol–water partition coefficient (Wildman–Crippen LogP) is 1.43. The van der Waals surface area contributed by atoms with Crippen LogP contribution in [0.5, 0.6) is 0 Å². The van der Waals surface area contributed by atoms with Gasteiger partial charge in [0.25, 0.3) is 0 Å². The number of rotatable bonds is 4. The summed E-state index contributed by atoms with van der Waals surface area (Å²) in [5, 5.41) is 0. The number of thiocarbonyl (C=S) groups is 1. The monoisotopic (exact) mass is 272 g/mol. The van der Waals surface area contributed by atoms with Crippen molar-refractivity contribution in [3.05, 3.63) is 0 Å². The van der Waals surface area contributed by atoms with Crippen LogP contribution in [0.25, 0.3) is 0 Å². The minimum absolute atomic E-state index is 0.0476. The number of carbonyl (C=O) groups excluding carboxylic acids is 1. The summed E-state index contributed by atoms with van der Waals surface area (Å²) in [5.41, 5.74) is 5.69. The summed E-state index contributed by atoms with van der Waals surface area (Å²) in [6.07, 6.45) is 1.08. The van der Waals surface area contributed by atoms with Gasteiger partial charge in [0.05, 0.1) is 17.0 Å². The molecule has 1 aliphatic rings. The zero-order chi connectivity index (χ0) is 13.9. The highest BCUT2D eigenvalue weighted by Gasteiger charge is 2.34. The first-order valence-corrected chi connectivity index (χ1v) is 6.90. The topological polar surface area (TPSA) is 55.6 Å². The molecule has 1 amide bonds. The molecule has 0 spiro atoms. The standard InChI is InChI=1S/C13H24N2O2S/c1-8(2)11(12(14)18)13(16)15-6-5-9(3)10(7-15)17-4/h8-11H,5-7H2,1-4H3,(H2,14,18). The molecule has 0 bridgehead atoms. The first-order chi connectivity index (χ1) is 8.38. The number of piperidine rings is 1. The molecule has 3 unspecified atom stereocenters. The second-order valence-corrected chi connectivity index (χ2v) is 5.92. The Kier molecular flexibility index (Phi) is 5.53. The van der Waals surface area contributed by atoms with Gasteiger partial charge in [0.15, 0.2) is 0 Å². The minimum atomic E-state index is -0.356. The van der Waals surface area contributed by atoms with Gasteiger partial charge in [-0.25, -0.2) is 0 Å². The van der Waals surface area contributed by atoms with Crippen LogP contribution >= 0.6 is 12.2 Å². The number of nitrogens with two attached hydrogens (primary N) is 1. The Balaban J connectivity index is 2.74. The summed E-state index contributed by atoms with van der Waals surface area (Å²) >= 11 is 5.02. The second kappa shape index (κ2) is 6.48. The molecular formula is C13H24N2O2S. The van der Waals surface area contributed by atoms with Gasteiger partial charge in [0, 0.05) is 20.2 Å². The highest BCUT2D eigenvalue weighted by molar-refractivity contribution is 7.80.